The predicted octanol–water partition coefficient (Wildman–Crippen LogP) is 3.97. The molecule has 0 saturated heterocycles. The van der Waals surface area contributed by atoms with E-state index in [4.69, 9.17) is 0 Å². The lowest BCUT2D eigenvalue weighted by Crippen LogP contribution is -2.56. The van der Waals surface area contributed by atoms with Crippen LogP contribution in [0.2, 0.25) is 0 Å². The van der Waals surface area contributed by atoms with Gasteiger partial charge in [-0.2, -0.15) is 0 Å². The minimum absolute atomic E-state index is 0.341. The molecule has 36 heavy (non-hydrogen) atoms. The van der Waals surface area contributed by atoms with E-state index in [0.717, 1.165) is 33.5 Å². The van der Waals surface area contributed by atoms with E-state index in [0.29, 0.717) is 5.69 Å². The highest BCUT2D eigenvalue weighted by Crippen LogP contribution is 2.54. The fourth-order valence-corrected chi connectivity index (χ4v) is 6.16. The van der Waals surface area contributed by atoms with Gasteiger partial charge in [0.05, 0.1) is 5.69 Å². The van der Waals surface area contributed by atoms with Gasteiger partial charge in [0.25, 0.3) is 0 Å². The number of aromatic nitrogens is 3. The lowest BCUT2D eigenvalue weighted by atomic mass is 9.66. The minimum atomic E-state index is -0.964. The monoisotopic (exact) mass is 472 g/mol. The van der Waals surface area contributed by atoms with E-state index in [-0.39, 0.29) is 17.4 Å². The van der Waals surface area contributed by atoms with Crippen LogP contribution in [-0.4, -0.2) is 28.0 Å². The summed E-state index contributed by atoms with van der Waals surface area (Å²) in [6, 6.07) is 33.5. The molecule has 0 spiro atoms. The molecule has 3 aliphatic rings. The van der Waals surface area contributed by atoms with Gasteiger partial charge in [-0.25, -0.2) is 23.5 Å². The predicted molar refractivity (Wildman–Crippen MR) is 140 cm³/mol. The molecule has 8 rings (SSSR count). The molecule has 1 aliphatic carbocycles. The first-order valence-electron chi connectivity index (χ1n) is 12.0. The van der Waals surface area contributed by atoms with Crippen LogP contribution in [0.4, 0.5) is 5.69 Å². The molecule has 0 fully saturated rings. The van der Waals surface area contributed by atoms with Crippen LogP contribution in [0.5, 0.6) is 0 Å². The van der Waals surface area contributed by atoms with Crippen LogP contribution in [-0.2, 0) is 5.54 Å². The summed E-state index contributed by atoms with van der Waals surface area (Å²) in [5.41, 5.74) is 4.99. The summed E-state index contributed by atoms with van der Waals surface area (Å²) in [6.07, 6.45) is 0. The van der Waals surface area contributed by atoms with Crippen LogP contribution < -0.4 is 16.3 Å². The van der Waals surface area contributed by atoms with Crippen molar-refractivity contribution in [3.63, 3.8) is 0 Å². The van der Waals surface area contributed by atoms with E-state index in [9.17, 15) is 9.59 Å². The molecular weight excluding hydrogens is 448 g/mol. The second-order valence-corrected chi connectivity index (χ2v) is 9.62. The molecule has 0 amide bonds. The van der Waals surface area contributed by atoms with Gasteiger partial charge < -0.3 is 4.90 Å². The van der Waals surface area contributed by atoms with E-state index in [1.54, 1.807) is 9.36 Å². The first-order valence-corrected chi connectivity index (χ1v) is 12.0. The lowest BCUT2D eigenvalue weighted by molar-refractivity contribution is 0.282. The summed E-state index contributed by atoms with van der Waals surface area (Å²) in [4.78, 5) is 30.5. The number of nitrogens with zero attached hydrogens (tertiary/aromatic N) is 4. The quantitative estimate of drug-likeness (QED) is 0.391. The maximum Gasteiger partial charge on any atom is 0.353 e. The molecule has 4 aromatic carbocycles. The molecule has 0 N–H and O–H groups in total. The van der Waals surface area contributed by atoms with Crippen LogP contribution in [0.1, 0.15) is 33.9 Å². The minimum Gasteiger partial charge on any atom is -0.378 e. The zero-order valence-corrected chi connectivity index (χ0v) is 20.0. The Kier molecular flexibility index (Phi) is 4.16. The SMILES string of the molecule is CN(C)c1ccc(-n2c(=O)n3n(c2=O)C2(c4ccccc4)c4ccccc4C3c3ccccc32)cc1. The third kappa shape index (κ3) is 2.40. The average molecular weight is 473 g/mol. The normalized spacial score (nSPS) is 18.9. The summed E-state index contributed by atoms with van der Waals surface area (Å²) in [7, 11) is 3.92. The molecule has 5 aromatic rings. The second-order valence-electron chi connectivity index (χ2n) is 9.62. The number of anilines is 1. The van der Waals surface area contributed by atoms with Crippen molar-refractivity contribution >= 4 is 5.69 Å². The third-order valence-corrected chi connectivity index (χ3v) is 7.64. The van der Waals surface area contributed by atoms with Crippen LogP contribution in [0.3, 0.4) is 0 Å². The molecule has 0 unspecified atom stereocenters. The van der Waals surface area contributed by atoms with E-state index >= 15 is 0 Å². The van der Waals surface area contributed by atoms with Crippen molar-refractivity contribution in [3.05, 3.63) is 152 Å². The van der Waals surface area contributed by atoms with Gasteiger partial charge in [-0.3, -0.25) is 0 Å². The first kappa shape index (κ1) is 20.8. The Bertz CT molecular complexity index is 1710. The highest BCUT2D eigenvalue weighted by Gasteiger charge is 2.55. The Hall–Kier alpha value is -4.58. The van der Waals surface area contributed by atoms with E-state index in [2.05, 4.69) is 24.3 Å². The van der Waals surface area contributed by atoms with Crippen molar-refractivity contribution in [1.82, 2.24) is 13.9 Å². The summed E-state index contributed by atoms with van der Waals surface area (Å²) >= 11 is 0. The van der Waals surface area contributed by atoms with Crippen LogP contribution >= 0.6 is 0 Å². The van der Waals surface area contributed by atoms with Crippen LogP contribution in [0.15, 0.2) is 113 Å². The number of benzene rings is 4. The largest absolute Gasteiger partial charge is 0.378 e. The highest BCUT2D eigenvalue weighted by atomic mass is 16.2. The van der Waals surface area contributed by atoms with Gasteiger partial charge in [0.2, 0.25) is 0 Å². The van der Waals surface area contributed by atoms with Gasteiger partial charge >= 0.3 is 11.4 Å². The number of hydrogen-bond donors (Lipinski definition) is 0. The molecule has 0 atom stereocenters. The number of rotatable bonds is 3. The summed E-state index contributed by atoms with van der Waals surface area (Å²) < 4.78 is 4.67. The van der Waals surface area contributed by atoms with Crippen LogP contribution in [0, 0.1) is 0 Å². The zero-order chi connectivity index (χ0) is 24.6. The van der Waals surface area contributed by atoms with Crippen molar-refractivity contribution in [3.8, 4) is 5.69 Å². The van der Waals surface area contributed by atoms with Gasteiger partial charge in [-0.05, 0) is 52.1 Å². The second kappa shape index (κ2) is 7.21. The summed E-state index contributed by atoms with van der Waals surface area (Å²) in [6.45, 7) is 0. The first-order chi connectivity index (χ1) is 17.5. The van der Waals surface area contributed by atoms with Crippen molar-refractivity contribution in [2.75, 3.05) is 19.0 Å². The van der Waals surface area contributed by atoms with Gasteiger partial charge in [0.15, 0.2) is 0 Å². The van der Waals surface area contributed by atoms with Crippen molar-refractivity contribution < 1.29 is 0 Å². The van der Waals surface area contributed by atoms with Crippen molar-refractivity contribution in [2.24, 2.45) is 0 Å². The molecule has 2 bridgehead atoms. The molecule has 1 aromatic heterocycles. The Labute approximate surface area is 207 Å². The molecule has 2 aliphatic heterocycles. The Morgan fingerprint density at radius 3 is 1.81 bits per heavy atom. The van der Waals surface area contributed by atoms with E-state index in [1.807, 2.05) is 97.9 Å². The Balaban J connectivity index is 1.64. The standard InChI is InChI=1S/C30H24N4O2/c1-31(2)21-16-18-22(19-17-21)32-28(35)33-27-23-12-6-8-14-25(23)30(34(33)29(32)36,20-10-4-3-5-11-20)26-15-9-7-13-24(26)27/h3-19,27H,1-2H3. The Morgan fingerprint density at radius 2 is 1.22 bits per heavy atom. The smallest absolute Gasteiger partial charge is 0.353 e. The number of hydrogen-bond acceptors (Lipinski definition) is 3. The topological polar surface area (TPSA) is 52.2 Å². The van der Waals surface area contributed by atoms with E-state index in [1.165, 1.54) is 4.57 Å². The van der Waals surface area contributed by atoms with Gasteiger partial charge in [-0.1, -0.05) is 78.9 Å². The molecule has 3 heterocycles. The lowest BCUT2D eigenvalue weighted by Gasteiger charge is -2.50. The van der Waals surface area contributed by atoms with Gasteiger partial charge in [-0.15, -0.1) is 0 Å². The highest BCUT2D eigenvalue weighted by molar-refractivity contribution is 5.64. The van der Waals surface area contributed by atoms with Gasteiger partial charge in [0, 0.05) is 19.8 Å². The van der Waals surface area contributed by atoms with Crippen LogP contribution in [0.25, 0.3) is 5.69 Å². The Morgan fingerprint density at radius 1 is 0.667 bits per heavy atom. The molecular formula is C30H24N4O2. The van der Waals surface area contributed by atoms with Gasteiger partial charge in [0.1, 0.15) is 11.6 Å². The molecule has 0 saturated carbocycles. The fraction of sp³-hybridized carbons (Fsp3) is 0.133. The summed E-state index contributed by atoms with van der Waals surface area (Å²) in [5.74, 6) is 0. The maximum absolute atomic E-state index is 14.3. The molecule has 6 heteroatoms. The maximum atomic E-state index is 14.3. The van der Waals surface area contributed by atoms with E-state index < -0.39 is 5.54 Å². The fourth-order valence-electron chi connectivity index (χ4n) is 6.16. The molecule has 176 valence electrons. The van der Waals surface area contributed by atoms with Crippen molar-refractivity contribution in [1.29, 1.82) is 0 Å². The molecule has 0 radical (unpaired) electrons. The average Bonchev–Trinajstić information content (AvgIpc) is 3.19. The third-order valence-electron chi connectivity index (χ3n) is 7.64. The van der Waals surface area contributed by atoms with Crippen molar-refractivity contribution in [2.45, 2.75) is 11.6 Å². The summed E-state index contributed by atoms with van der Waals surface area (Å²) in [5, 5.41) is 0. The molecule has 6 nitrogen and oxygen atoms in total. The zero-order valence-electron chi connectivity index (χ0n) is 20.0.